The van der Waals surface area contributed by atoms with Gasteiger partial charge in [0.25, 0.3) is 5.69 Å². The molecule has 1 aromatic carbocycles. The number of nitrogens with one attached hydrogen (secondary N) is 2. The van der Waals surface area contributed by atoms with E-state index in [1.807, 2.05) is 13.8 Å². The summed E-state index contributed by atoms with van der Waals surface area (Å²) in [5.41, 5.74) is 1.53. The lowest BCUT2D eigenvalue weighted by Gasteiger charge is -2.39. The van der Waals surface area contributed by atoms with E-state index in [4.69, 9.17) is 17.6 Å². The van der Waals surface area contributed by atoms with Gasteiger partial charge in [0.1, 0.15) is 4.99 Å². The van der Waals surface area contributed by atoms with Gasteiger partial charge in [0, 0.05) is 29.3 Å². The smallest absolute Gasteiger partial charge is 0.273 e. The van der Waals surface area contributed by atoms with Crippen molar-refractivity contribution in [3.63, 3.8) is 0 Å². The van der Waals surface area contributed by atoms with E-state index in [0.29, 0.717) is 34.7 Å². The first kappa shape index (κ1) is 17.2. The summed E-state index contributed by atoms with van der Waals surface area (Å²) in [6.07, 6.45) is 0.972. The van der Waals surface area contributed by atoms with E-state index in [2.05, 4.69) is 11.2 Å². The van der Waals surface area contributed by atoms with Crippen molar-refractivity contribution in [2.24, 2.45) is 5.41 Å². The molecular formula is C18H17N3O3S. The monoisotopic (exact) mass is 355 g/mol. The maximum Gasteiger partial charge on any atom is 0.273 e. The van der Waals surface area contributed by atoms with Crippen LogP contribution in [0.4, 0.5) is 5.69 Å². The molecule has 1 aliphatic carbocycles. The molecular weight excluding hydrogens is 338 g/mol. The second kappa shape index (κ2) is 6.02. The highest BCUT2D eigenvalue weighted by Crippen LogP contribution is 2.47. The van der Waals surface area contributed by atoms with Gasteiger partial charge in [-0.05, 0) is 17.7 Å². The fourth-order valence-corrected chi connectivity index (χ4v) is 3.89. The Labute approximate surface area is 150 Å². The molecule has 3 rings (SSSR count). The summed E-state index contributed by atoms with van der Waals surface area (Å²) in [6, 6.07) is 6.29. The highest BCUT2D eigenvalue weighted by Gasteiger charge is 2.43. The second-order valence-electron chi connectivity index (χ2n) is 7.07. The van der Waals surface area contributed by atoms with Crippen molar-refractivity contribution in [1.29, 1.82) is 5.41 Å². The predicted molar refractivity (Wildman–Crippen MR) is 97.9 cm³/mol. The molecule has 2 N–H and O–H groups in total. The number of rotatable bonds is 2. The Hall–Kier alpha value is -2.63. The number of benzene rings is 1. The van der Waals surface area contributed by atoms with Crippen LogP contribution in [0.2, 0.25) is 0 Å². The molecule has 25 heavy (non-hydrogen) atoms. The molecule has 0 amide bonds. The minimum atomic E-state index is -0.730. The first-order chi connectivity index (χ1) is 11.7. The van der Waals surface area contributed by atoms with Gasteiger partial charge in [0.05, 0.1) is 16.4 Å². The van der Waals surface area contributed by atoms with Gasteiger partial charge in [0.2, 0.25) is 0 Å². The molecule has 0 aromatic heterocycles. The van der Waals surface area contributed by atoms with E-state index < -0.39 is 10.8 Å². The number of carbonyl (C=O) groups excluding carboxylic acids is 1. The van der Waals surface area contributed by atoms with Gasteiger partial charge >= 0.3 is 0 Å². The number of allylic oxidation sites excluding steroid dienone is 2. The molecule has 0 bridgehead atoms. The number of ketones is 1. The summed E-state index contributed by atoms with van der Waals surface area (Å²) in [5, 5.41) is 22.1. The van der Waals surface area contributed by atoms with Gasteiger partial charge in [-0.2, -0.15) is 0 Å². The summed E-state index contributed by atoms with van der Waals surface area (Å²) in [5.74, 6) is 1.49. The Kier molecular flexibility index (Phi) is 4.14. The van der Waals surface area contributed by atoms with Crippen LogP contribution >= 0.6 is 12.2 Å². The van der Waals surface area contributed by atoms with E-state index in [9.17, 15) is 14.9 Å². The zero-order chi connectivity index (χ0) is 18.4. The Morgan fingerprint density at radius 2 is 2.04 bits per heavy atom. The summed E-state index contributed by atoms with van der Waals surface area (Å²) in [7, 11) is 0. The summed E-state index contributed by atoms with van der Waals surface area (Å²) < 4.78 is 0. The average Bonchev–Trinajstić information content (AvgIpc) is 2.52. The molecule has 1 aromatic rings. The molecule has 0 saturated heterocycles. The number of nitrogens with zero attached hydrogens (tertiary/aromatic N) is 1. The standard InChI is InChI=1S/C18H17N3O3S/c1-18(2)7-12-16(14(22)8-18)15(11(9-19)17(25)20-12)10-5-3-4-6-13(10)21(23)24/h3-6,15,19H,7-8H2,1-2H3,(H,20,25). The van der Waals surface area contributed by atoms with Gasteiger partial charge < -0.3 is 5.32 Å². The Morgan fingerprint density at radius 3 is 2.68 bits per heavy atom. The van der Waals surface area contributed by atoms with Crippen LogP contribution in [0.5, 0.6) is 0 Å². The van der Waals surface area contributed by atoms with E-state index >= 15 is 0 Å². The zero-order valence-electron chi connectivity index (χ0n) is 13.9. The number of carbonyl (C=O) groups is 1. The third-order valence-electron chi connectivity index (χ3n) is 4.59. The van der Waals surface area contributed by atoms with Gasteiger partial charge in [-0.25, -0.2) is 0 Å². The average molecular weight is 355 g/mol. The molecule has 1 atom stereocenters. The van der Waals surface area contributed by atoms with E-state index in [1.54, 1.807) is 18.2 Å². The Bertz CT molecular complexity index is 895. The molecule has 2 aliphatic rings. The van der Waals surface area contributed by atoms with Crippen molar-refractivity contribution in [3.05, 3.63) is 56.8 Å². The van der Waals surface area contributed by atoms with E-state index in [0.717, 1.165) is 0 Å². The lowest BCUT2D eigenvalue weighted by Crippen LogP contribution is -2.41. The van der Waals surface area contributed by atoms with Crippen molar-refractivity contribution < 1.29 is 9.72 Å². The normalized spacial score (nSPS) is 22.2. The van der Waals surface area contributed by atoms with Gasteiger partial charge in [-0.3, -0.25) is 20.3 Å². The fourth-order valence-electron chi connectivity index (χ4n) is 3.60. The topological polar surface area (TPSA) is 96.1 Å². The number of hydrogen-bond donors (Lipinski definition) is 2. The van der Waals surface area contributed by atoms with Crippen molar-refractivity contribution >= 4 is 34.5 Å². The third-order valence-corrected chi connectivity index (χ3v) is 4.91. The van der Waals surface area contributed by atoms with Crippen LogP contribution in [0.3, 0.4) is 0 Å². The number of Topliss-reactive ketones (excluding diaryl/α,β-unsaturated/α-hetero) is 1. The zero-order valence-corrected chi connectivity index (χ0v) is 14.7. The molecule has 7 heteroatoms. The van der Waals surface area contributed by atoms with Crippen molar-refractivity contribution in [3.8, 4) is 0 Å². The lowest BCUT2D eigenvalue weighted by atomic mass is 9.68. The van der Waals surface area contributed by atoms with Crippen molar-refractivity contribution in [1.82, 2.24) is 5.32 Å². The molecule has 128 valence electrons. The van der Waals surface area contributed by atoms with Crippen LogP contribution in [-0.4, -0.2) is 21.6 Å². The SMILES string of the molecule is CC1(C)CC(=O)C2=C(C1)NC(=S)C(=C=N)C2c1ccccc1[N+](=O)[O-]. The predicted octanol–water partition coefficient (Wildman–Crippen LogP) is 3.43. The van der Waals surface area contributed by atoms with Crippen molar-refractivity contribution in [2.45, 2.75) is 32.6 Å². The van der Waals surface area contributed by atoms with Crippen LogP contribution in [0.25, 0.3) is 0 Å². The van der Waals surface area contributed by atoms with Gasteiger partial charge in [-0.15, -0.1) is 0 Å². The number of para-hydroxylation sites is 1. The molecule has 0 saturated carbocycles. The quantitative estimate of drug-likeness (QED) is 0.279. The van der Waals surface area contributed by atoms with Crippen molar-refractivity contribution in [2.75, 3.05) is 0 Å². The molecule has 1 aliphatic heterocycles. The molecule has 1 unspecified atom stereocenters. The van der Waals surface area contributed by atoms with E-state index in [1.165, 1.54) is 6.07 Å². The number of thiocarbonyl (C=S) groups is 1. The Morgan fingerprint density at radius 1 is 1.36 bits per heavy atom. The van der Waals surface area contributed by atoms with Crippen LogP contribution in [0.1, 0.15) is 38.2 Å². The van der Waals surface area contributed by atoms with Crippen LogP contribution in [0.15, 0.2) is 41.1 Å². The fraction of sp³-hybridized carbons (Fsp3) is 0.333. The first-order valence-electron chi connectivity index (χ1n) is 7.85. The summed E-state index contributed by atoms with van der Waals surface area (Å²) >= 11 is 5.35. The summed E-state index contributed by atoms with van der Waals surface area (Å²) in [4.78, 5) is 24.2. The lowest BCUT2D eigenvalue weighted by molar-refractivity contribution is -0.385. The van der Waals surface area contributed by atoms with Crippen LogP contribution in [-0.2, 0) is 4.79 Å². The second-order valence-corrected chi connectivity index (χ2v) is 7.48. The third kappa shape index (κ3) is 2.92. The Balaban J connectivity index is 2.28. The van der Waals surface area contributed by atoms with E-state index in [-0.39, 0.29) is 22.5 Å². The molecule has 0 spiro atoms. The highest BCUT2D eigenvalue weighted by atomic mass is 32.1. The minimum absolute atomic E-state index is 0.0721. The highest BCUT2D eigenvalue weighted by molar-refractivity contribution is 7.80. The molecule has 6 nitrogen and oxygen atoms in total. The molecule has 1 heterocycles. The van der Waals surface area contributed by atoms with Gasteiger partial charge in [-0.1, -0.05) is 44.3 Å². The summed E-state index contributed by atoms with van der Waals surface area (Å²) in [6.45, 7) is 4.00. The maximum atomic E-state index is 12.9. The minimum Gasteiger partial charge on any atom is -0.349 e. The van der Waals surface area contributed by atoms with Crippen LogP contribution < -0.4 is 5.32 Å². The number of nitro benzene ring substituents is 1. The van der Waals surface area contributed by atoms with Crippen LogP contribution in [0, 0.1) is 20.9 Å². The first-order valence-corrected chi connectivity index (χ1v) is 8.26. The molecule has 0 fully saturated rings. The van der Waals surface area contributed by atoms with Gasteiger partial charge in [0.15, 0.2) is 5.78 Å². The molecule has 0 radical (unpaired) electrons. The number of hydrogen-bond acceptors (Lipinski definition) is 5. The maximum absolute atomic E-state index is 12.9. The largest absolute Gasteiger partial charge is 0.349 e. The number of nitro groups is 1.